The van der Waals surface area contributed by atoms with E-state index in [1.165, 1.54) is 5.56 Å². The van der Waals surface area contributed by atoms with E-state index in [0.29, 0.717) is 6.54 Å². The molecule has 0 atom stereocenters. The fourth-order valence-electron chi connectivity index (χ4n) is 1.89. The molecule has 3 heteroatoms. The number of quaternary nitrogens is 1. The smallest absolute Gasteiger partial charge is 0.279 e. The highest BCUT2D eigenvalue weighted by molar-refractivity contribution is 5.91. The Morgan fingerprint density at radius 3 is 2.26 bits per heavy atom. The fourth-order valence-corrected chi connectivity index (χ4v) is 1.89. The summed E-state index contributed by atoms with van der Waals surface area (Å²) in [5, 5.41) is 2.91. The van der Waals surface area contributed by atoms with Crippen LogP contribution >= 0.6 is 0 Å². The lowest BCUT2D eigenvalue weighted by Gasteiger charge is -2.15. The van der Waals surface area contributed by atoms with E-state index in [9.17, 15) is 4.79 Å². The van der Waals surface area contributed by atoms with Crippen molar-refractivity contribution in [2.24, 2.45) is 0 Å². The van der Waals surface area contributed by atoms with Gasteiger partial charge in [-0.05, 0) is 36.3 Å². The predicted octanol–water partition coefficient (Wildman–Crippen LogP) is 1.44. The highest BCUT2D eigenvalue weighted by Gasteiger charge is 2.11. The number of anilines is 1. The summed E-state index contributed by atoms with van der Waals surface area (Å²) < 4.78 is 0. The first kappa shape index (κ1) is 15.2. The van der Waals surface area contributed by atoms with Gasteiger partial charge < -0.3 is 10.2 Å². The molecule has 1 amide bonds. The van der Waals surface area contributed by atoms with Crippen LogP contribution in [0.4, 0.5) is 5.69 Å². The number of benzene rings is 1. The standard InChI is InChI=1S/C16H22N2O/c1-4-11-18(12-5-2)13-16(19)17-15-9-7-14(6-3)8-10-15/h4-5,7-10H,1-2,6,11-13H2,3H3,(H,17,19)/p+1. The summed E-state index contributed by atoms with van der Waals surface area (Å²) in [7, 11) is 0. The zero-order chi connectivity index (χ0) is 14.1. The molecular formula is C16H23N2O+. The van der Waals surface area contributed by atoms with Gasteiger partial charge in [0.25, 0.3) is 5.91 Å². The quantitative estimate of drug-likeness (QED) is 0.681. The molecule has 1 rings (SSSR count). The van der Waals surface area contributed by atoms with Crippen molar-refractivity contribution in [3.05, 3.63) is 55.1 Å². The number of carbonyl (C=O) groups excluding carboxylic acids is 1. The van der Waals surface area contributed by atoms with Gasteiger partial charge in [-0.1, -0.05) is 32.2 Å². The van der Waals surface area contributed by atoms with Crippen molar-refractivity contribution < 1.29 is 9.69 Å². The lowest BCUT2D eigenvalue weighted by molar-refractivity contribution is -0.879. The molecule has 0 aliphatic rings. The first-order valence-corrected chi connectivity index (χ1v) is 6.63. The van der Waals surface area contributed by atoms with Gasteiger partial charge in [-0.25, -0.2) is 0 Å². The highest BCUT2D eigenvalue weighted by atomic mass is 16.2. The van der Waals surface area contributed by atoms with E-state index in [-0.39, 0.29) is 5.91 Å². The minimum atomic E-state index is 0.0166. The van der Waals surface area contributed by atoms with Gasteiger partial charge in [0.15, 0.2) is 6.54 Å². The molecule has 0 spiro atoms. The number of hydrogen-bond donors (Lipinski definition) is 2. The molecule has 3 nitrogen and oxygen atoms in total. The topological polar surface area (TPSA) is 33.5 Å². The van der Waals surface area contributed by atoms with Crippen LogP contribution in [-0.4, -0.2) is 25.5 Å². The zero-order valence-electron chi connectivity index (χ0n) is 11.6. The maximum Gasteiger partial charge on any atom is 0.279 e. The molecule has 1 aromatic rings. The van der Waals surface area contributed by atoms with Crippen LogP contribution in [0.3, 0.4) is 0 Å². The van der Waals surface area contributed by atoms with E-state index in [1.807, 2.05) is 36.4 Å². The number of nitrogens with one attached hydrogen (secondary N) is 2. The maximum absolute atomic E-state index is 11.9. The van der Waals surface area contributed by atoms with Gasteiger partial charge in [0, 0.05) is 5.69 Å². The van der Waals surface area contributed by atoms with Gasteiger partial charge >= 0.3 is 0 Å². The molecule has 0 radical (unpaired) electrons. The summed E-state index contributed by atoms with van der Waals surface area (Å²) in [6.45, 7) is 11.5. The van der Waals surface area contributed by atoms with E-state index in [2.05, 4.69) is 25.4 Å². The van der Waals surface area contributed by atoms with Crippen LogP contribution in [-0.2, 0) is 11.2 Å². The van der Waals surface area contributed by atoms with Crippen LogP contribution in [0.5, 0.6) is 0 Å². The molecule has 0 aliphatic carbocycles. The highest BCUT2D eigenvalue weighted by Crippen LogP contribution is 2.09. The van der Waals surface area contributed by atoms with E-state index < -0.39 is 0 Å². The van der Waals surface area contributed by atoms with Crippen LogP contribution in [0, 0.1) is 0 Å². The van der Waals surface area contributed by atoms with Crippen molar-refractivity contribution in [1.82, 2.24) is 0 Å². The summed E-state index contributed by atoms with van der Waals surface area (Å²) in [6, 6.07) is 7.95. The summed E-state index contributed by atoms with van der Waals surface area (Å²) >= 11 is 0. The summed E-state index contributed by atoms with van der Waals surface area (Å²) in [5.74, 6) is 0.0166. The van der Waals surface area contributed by atoms with Gasteiger partial charge in [0.2, 0.25) is 0 Å². The second-order valence-electron chi connectivity index (χ2n) is 4.51. The molecule has 19 heavy (non-hydrogen) atoms. The molecule has 0 aliphatic heterocycles. The Morgan fingerprint density at radius 1 is 1.21 bits per heavy atom. The Bertz CT molecular complexity index is 413. The zero-order valence-corrected chi connectivity index (χ0v) is 11.6. The van der Waals surface area contributed by atoms with E-state index in [4.69, 9.17) is 0 Å². The van der Waals surface area contributed by atoms with Crippen molar-refractivity contribution in [1.29, 1.82) is 0 Å². The summed E-state index contributed by atoms with van der Waals surface area (Å²) in [6.07, 6.45) is 4.65. The van der Waals surface area contributed by atoms with Crippen molar-refractivity contribution in [3.63, 3.8) is 0 Å². The number of hydrogen-bond acceptors (Lipinski definition) is 1. The molecule has 0 unspecified atom stereocenters. The van der Waals surface area contributed by atoms with Gasteiger partial charge in [0.1, 0.15) is 0 Å². The van der Waals surface area contributed by atoms with Gasteiger partial charge in [-0.3, -0.25) is 4.79 Å². The first-order valence-electron chi connectivity index (χ1n) is 6.63. The number of carbonyl (C=O) groups is 1. The second kappa shape index (κ2) is 8.27. The monoisotopic (exact) mass is 259 g/mol. The van der Waals surface area contributed by atoms with Crippen molar-refractivity contribution in [2.75, 3.05) is 25.0 Å². The third kappa shape index (κ3) is 5.53. The first-order chi connectivity index (χ1) is 9.19. The molecule has 0 saturated carbocycles. The minimum Gasteiger partial charge on any atom is -0.321 e. The molecule has 1 aromatic carbocycles. The number of rotatable bonds is 8. The van der Waals surface area contributed by atoms with Crippen LogP contribution in [0.15, 0.2) is 49.6 Å². The second-order valence-corrected chi connectivity index (χ2v) is 4.51. The average Bonchev–Trinajstić information content (AvgIpc) is 2.40. The van der Waals surface area contributed by atoms with E-state index in [1.54, 1.807) is 0 Å². The Kier molecular flexibility index (Phi) is 6.61. The van der Waals surface area contributed by atoms with Crippen LogP contribution in [0.25, 0.3) is 0 Å². The van der Waals surface area contributed by atoms with Crippen LogP contribution in [0.1, 0.15) is 12.5 Å². The SMILES string of the molecule is C=CC[NH+](CC=C)CC(=O)Nc1ccc(CC)cc1. The number of amides is 1. The molecule has 0 saturated heterocycles. The minimum absolute atomic E-state index is 0.0166. The van der Waals surface area contributed by atoms with Crippen molar-refractivity contribution in [3.8, 4) is 0 Å². The fraction of sp³-hybridized carbons (Fsp3) is 0.312. The molecule has 102 valence electrons. The molecule has 0 bridgehead atoms. The van der Waals surface area contributed by atoms with Gasteiger partial charge in [-0.15, -0.1) is 0 Å². The molecule has 0 heterocycles. The lowest BCUT2D eigenvalue weighted by atomic mass is 10.1. The molecular weight excluding hydrogens is 236 g/mol. The molecule has 0 aromatic heterocycles. The molecule has 2 N–H and O–H groups in total. The third-order valence-electron chi connectivity index (χ3n) is 2.92. The van der Waals surface area contributed by atoms with Crippen molar-refractivity contribution >= 4 is 11.6 Å². The Hall–Kier alpha value is -1.87. The summed E-state index contributed by atoms with van der Waals surface area (Å²) in [4.78, 5) is 13.1. The predicted molar refractivity (Wildman–Crippen MR) is 80.4 cm³/mol. The van der Waals surface area contributed by atoms with Gasteiger partial charge in [0.05, 0.1) is 13.1 Å². The summed E-state index contributed by atoms with van der Waals surface area (Å²) in [5.41, 5.74) is 2.11. The van der Waals surface area contributed by atoms with Crippen LogP contribution in [0.2, 0.25) is 0 Å². The largest absolute Gasteiger partial charge is 0.321 e. The van der Waals surface area contributed by atoms with E-state index >= 15 is 0 Å². The van der Waals surface area contributed by atoms with Gasteiger partial charge in [-0.2, -0.15) is 0 Å². The molecule has 0 fully saturated rings. The third-order valence-corrected chi connectivity index (χ3v) is 2.92. The van der Waals surface area contributed by atoms with E-state index in [0.717, 1.165) is 30.1 Å². The maximum atomic E-state index is 11.9. The Labute approximate surface area is 115 Å². The Morgan fingerprint density at radius 2 is 1.79 bits per heavy atom. The average molecular weight is 259 g/mol. The van der Waals surface area contributed by atoms with Crippen molar-refractivity contribution in [2.45, 2.75) is 13.3 Å². The lowest BCUT2D eigenvalue weighted by Crippen LogP contribution is -3.12. The number of aryl methyl sites for hydroxylation is 1. The van der Waals surface area contributed by atoms with Crippen LogP contribution < -0.4 is 10.2 Å². The Balaban J connectivity index is 2.52. The normalized spacial score (nSPS) is 10.2.